The molecule has 0 radical (unpaired) electrons. The lowest BCUT2D eigenvalue weighted by Gasteiger charge is -2.34. The van der Waals surface area contributed by atoms with Gasteiger partial charge in [0.2, 0.25) is 17.7 Å². The topological polar surface area (TPSA) is 151 Å². The summed E-state index contributed by atoms with van der Waals surface area (Å²) >= 11 is 0. The van der Waals surface area contributed by atoms with Gasteiger partial charge in [-0.05, 0) is 56.9 Å². The van der Waals surface area contributed by atoms with Crippen LogP contribution in [0.3, 0.4) is 0 Å². The number of nitrogens with two attached hydrogens (primary N) is 1. The summed E-state index contributed by atoms with van der Waals surface area (Å²) in [6.45, 7) is 7.44. The first-order chi connectivity index (χ1) is 18.4. The average Bonchev–Trinajstić information content (AvgIpc) is 2.86. The second-order valence-corrected chi connectivity index (χ2v) is 10.3. The Morgan fingerprint density at radius 3 is 2.33 bits per heavy atom. The van der Waals surface area contributed by atoms with Crippen molar-refractivity contribution in [3.8, 4) is 5.75 Å². The zero-order chi connectivity index (χ0) is 29.0. The van der Waals surface area contributed by atoms with Gasteiger partial charge in [-0.1, -0.05) is 55.8 Å². The lowest BCUT2D eigenvalue weighted by atomic mass is 10.0. The summed E-state index contributed by atoms with van der Waals surface area (Å²) in [6, 6.07) is 13.2. The highest BCUT2D eigenvalue weighted by molar-refractivity contribution is 5.92. The second-order valence-electron chi connectivity index (χ2n) is 10.3. The number of aromatic hydroxyl groups is 1. The molecule has 0 heterocycles. The molecule has 0 saturated carbocycles. The first-order valence-electron chi connectivity index (χ1n) is 13.1. The number of amides is 4. The Bertz CT molecular complexity index is 1120. The molecule has 10 nitrogen and oxygen atoms in total. The average molecular weight is 541 g/mol. The molecule has 0 aliphatic rings. The number of nitrogens with one attached hydrogen (secondary N) is 2. The van der Waals surface area contributed by atoms with Crippen molar-refractivity contribution < 1.29 is 29.0 Å². The van der Waals surface area contributed by atoms with Crippen LogP contribution in [0.15, 0.2) is 54.6 Å². The first kappa shape index (κ1) is 31.1. The van der Waals surface area contributed by atoms with Crippen molar-refractivity contribution in [1.82, 2.24) is 15.5 Å². The van der Waals surface area contributed by atoms with Crippen LogP contribution in [0.4, 0.5) is 4.79 Å². The van der Waals surface area contributed by atoms with Crippen LogP contribution in [0.25, 0.3) is 0 Å². The van der Waals surface area contributed by atoms with Gasteiger partial charge in [-0.2, -0.15) is 0 Å². The molecule has 2 aromatic rings. The van der Waals surface area contributed by atoms with Crippen LogP contribution in [0, 0.1) is 0 Å². The Kier molecular flexibility index (Phi) is 11.8. The maximum Gasteiger partial charge on any atom is 0.408 e. The van der Waals surface area contributed by atoms with E-state index in [1.54, 1.807) is 32.9 Å². The van der Waals surface area contributed by atoms with Gasteiger partial charge in [0.15, 0.2) is 0 Å². The van der Waals surface area contributed by atoms with E-state index in [4.69, 9.17) is 10.5 Å². The summed E-state index contributed by atoms with van der Waals surface area (Å²) in [4.78, 5) is 53.2. The molecule has 39 heavy (non-hydrogen) atoms. The minimum Gasteiger partial charge on any atom is -0.508 e. The molecule has 2 rings (SSSR count). The predicted molar refractivity (Wildman–Crippen MR) is 147 cm³/mol. The number of carbonyl (C=O) groups is 4. The Morgan fingerprint density at radius 1 is 1.05 bits per heavy atom. The van der Waals surface area contributed by atoms with Crippen LogP contribution in [0.5, 0.6) is 5.75 Å². The van der Waals surface area contributed by atoms with E-state index < -0.39 is 41.5 Å². The Labute approximate surface area is 229 Å². The highest BCUT2D eigenvalue weighted by Crippen LogP contribution is 2.27. The number of ether oxygens (including phenoxy) is 1. The summed E-state index contributed by atoms with van der Waals surface area (Å²) in [5.74, 6) is -1.73. The minimum atomic E-state index is -1.18. The van der Waals surface area contributed by atoms with Crippen molar-refractivity contribution in [2.45, 2.75) is 77.6 Å². The van der Waals surface area contributed by atoms with Crippen molar-refractivity contribution >= 4 is 23.8 Å². The van der Waals surface area contributed by atoms with Gasteiger partial charge in [-0.15, -0.1) is 0 Å². The van der Waals surface area contributed by atoms with Gasteiger partial charge in [-0.3, -0.25) is 14.4 Å². The number of phenols is 1. The molecule has 0 aliphatic heterocycles. The molecule has 2 aromatic carbocycles. The third-order valence-corrected chi connectivity index (χ3v) is 5.76. The number of benzene rings is 2. The summed E-state index contributed by atoms with van der Waals surface area (Å²) in [5, 5.41) is 15.6. The number of unbranched alkanes of at least 4 members (excludes halogenated alkanes) is 1. The molecule has 4 amide bonds. The van der Waals surface area contributed by atoms with E-state index in [0.717, 1.165) is 12.0 Å². The van der Waals surface area contributed by atoms with Gasteiger partial charge in [-0.25, -0.2) is 4.79 Å². The third kappa shape index (κ3) is 10.7. The summed E-state index contributed by atoms with van der Waals surface area (Å²) < 4.78 is 5.33. The summed E-state index contributed by atoms with van der Waals surface area (Å²) in [5.41, 5.74) is 5.80. The van der Waals surface area contributed by atoms with Gasteiger partial charge >= 0.3 is 6.09 Å². The fourth-order valence-corrected chi connectivity index (χ4v) is 3.94. The van der Waals surface area contributed by atoms with E-state index in [9.17, 15) is 24.3 Å². The Hall–Kier alpha value is -4.08. The maximum atomic E-state index is 14.0. The quantitative estimate of drug-likeness (QED) is 0.305. The summed E-state index contributed by atoms with van der Waals surface area (Å²) in [6.07, 6.45) is 0.234. The molecule has 0 spiro atoms. The van der Waals surface area contributed by atoms with Crippen molar-refractivity contribution in [1.29, 1.82) is 0 Å². The van der Waals surface area contributed by atoms with Gasteiger partial charge in [0.1, 0.15) is 23.4 Å². The number of hydrogen-bond donors (Lipinski definition) is 4. The maximum absolute atomic E-state index is 14.0. The van der Waals surface area contributed by atoms with Crippen LogP contribution in [0.1, 0.15) is 70.5 Å². The second kappa shape index (κ2) is 14.8. The van der Waals surface area contributed by atoms with E-state index in [1.807, 2.05) is 37.3 Å². The molecule has 10 heteroatoms. The molecular weight excluding hydrogens is 500 g/mol. The molecule has 0 saturated heterocycles. The smallest absolute Gasteiger partial charge is 0.408 e. The standard InChI is InChI=1S/C29H40N4O6/c1-5-6-17-33(27(37)23(15-16-24(30)35)32-28(38)39-29(2,3)4)25(21-13-10-14-22(34)18-21)26(36)31-19-20-11-8-7-9-12-20/h7-14,18,23,25,34H,5-6,15-17,19H2,1-4H3,(H2,30,35)(H,31,36)(H,32,38). The largest absolute Gasteiger partial charge is 0.508 e. The molecule has 0 aromatic heterocycles. The third-order valence-electron chi connectivity index (χ3n) is 5.76. The van der Waals surface area contributed by atoms with Gasteiger partial charge in [0.25, 0.3) is 0 Å². The number of alkyl carbamates (subject to hydrolysis) is 1. The molecule has 212 valence electrons. The first-order valence-corrected chi connectivity index (χ1v) is 13.1. The molecule has 2 unspecified atom stereocenters. The fraction of sp³-hybridized carbons (Fsp3) is 0.448. The molecule has 0 bridgehead atoms. The number of nitrogens with zero attached hydrogens (tertiary/aromatic N) is 1. The van der Waals surface area contributed by atoms with Crippen molar-refractivity contribution in [3.63, 3.8) is 0 Å². The van der Waals surface area contributed by atoms with Crippen LogP contribution in [-0.2, 0) is 25.7 Å². The Balaban J connectivity index is 2.46. The number of carbonyl (C=O) groups excluding carboxylic acids is 4. The van der Waals surface area contributed by atoms with Gasteiger partial charge in [0, 0.05) is 19.5 Å². The fourth-order valence-electron chi connectivity index (χ4n) is 3.94. The zero-order valence-corrected chi connectivity index (χ0v) is 23.1. The predicted octanol–water partition coefficient (Wildman–Crippen LogP) is 3.54. The van der Waals surface area contributed by atoms with Crippen molar-refractivity contribution in [2.24, 2.45) is 5.73 Å². The van der Waals surface area contributed by atoms with E-state index in [0.29, 0.717) is 12.0 Å². The van der Waals surface area contributed by atoms with Crippen molar-refractivity contribution in [2.75, 3.05) is 6.54 Å². The van der Waals surface area contributed by atoms with E-state index >= 15 is 0 Å². The van der Waals surface area contributed by atoms with E-state index in [-0.39, 0.29) is 31.7 Å². The van der Waals surface area contributed by atoms with Crippen LogP contribution < -0.4 is 16.4 Å². The zero-order valence-electron chi connectivity index (χ0n) is 23.1. The van der Waals surface area contributed by atoms with Gasteiger partial charge < -0.3 is 31.1 Å². The lowest BCUT2D eigenvalue weighted by Crippen LogP contribution is -2.53. The molecule has 0 aliphatic carbocycles. The number of rotatable bonds is 13. The minimum absolute atomic E-state index is 0.0617. The van der Waals surface area contributed by atoms with E-state index in [1.165, 1.54) is 17.0 Å². The molecule has 0 fully saturated rings. The van der Waals surface area contributed by atoms with Crippen LogP contribution >= 0.6 is 0 Å². The molecular formula is C29H40N4O6. The monoisotopic (exact) mass is 540 g/mol. The highest BCUT2D eigenvalue weighted by Gasteiger charge is 2.36. The van der Waals surface area contributed by atoms with Crippen molar-refractivity contribution in [3.05, 3.63) is 65.7 Å². The van der Waals surface area contributed by atoms with Crippen LogP contribution in [-0.4, -0.2) is 52.0 Å². The van der Waals surface area contributed by atoms with Crippen LogP contribution in [0.2, 0.25) is 0 Å². The number of phenolic OH excluding ortho intramolecular Hbond substituents is 1. The Morgan fingerprint density at radius 2 is 1.74 bits per heavy atom. The number of hydrogen-bond acceptors (Lipinski definition) is 6. The highest BCUT2D eigenvalue weighted by atomic mass is 16.6. The van der Waals surface area contributed by atoms with Gasteiger partial charge in [0.05, 0.1) is 0 Å². The summed E-state index contributed by atoms with van der Waals surface area (Å²) in [7, 11) is 0. The SMILES string of the molecule is CCCCN(C(=O)C(CCC(N)=O)NC(=O)OC(C)(C)C)C(C(=O)NCc1ccccc1)c1cccc(O)c1. The lowest BCUT2D eigenvalue weighted by molar-refractivity contribution is -0.143. The van der Waals surface area contributed by atoms with E-state index in [2.05, 4.69) is 10.6 Å². The number of primary amides is 1. The molecule has 2 atom stereocenters. The normalized spacial score (nSPS) is 12.6. The molecule has 5 N–H and O–H groups in total.